The van der Waals surface area contributed by atoms with Gasteiger partial charge in [-0.25, -0.2) is 9.78 Å². The number of aromatic nitrogens is 2. The van der Waals surface area contributed by atoms with Gasteiger partial charge in [-0.1, -0.05) is 12.1 Å². The van der Waals surface area contributed by atoms with Gasteiger partial charge in [-0.15, -0.1) is 0 Å². The minimum atomic E-state index is -0.666. The molecule has 2 aromatic heterocycles. The molecule has 0 saturated heterocycles. The standard InChI is InChI=1S/C16H11N3O4/c17-7-8-19-14(10-23-16(21)13-6-3-9-22-13)18-12-5-2-1-4-11(12)15(19)20/h1-6,9H,8,10H2. The highest BCUT2D eigenvalue weighted by Gasteiger charge is 2.15. The molecular weight excluding hydrogens is 298 g/mol. The van der Waals surface area contributed by atoms with Crippen molar-refractivity contribution in [2.75, 3.05) is 0 Å². The van der Waals surface area contributed by atoms with Crippen molar-refractivity contribution in [3.8, 4) is 6.07 Å². The van der Waals surface area contributed by atoms with Gasteiger partial charge >= 0.3 is 5.97 Å². The molecule has 23 heavy (non-hydrogen) atoms. The number of fused-ring (bicyclic) bond motifs is 1. The lowest BCUT2D eigenvalue weighted by Crippen LogP contribution is -2.26. The van der Waals surface area contributed by atoms with E-state index in [4.69, 9.17) is 14.4 Å². The van der Waals surface area contributed by atoms with Gasteiger partial charge in [-0.3, -0.25) is 9.36 Å². The number of nitriles is 1. The van der Waals surface area contributed by atoms with Gasteiger partial charge in [0.15, 0.2) is 5.82 Å². The van der Waals surface area contributed by atoms with E-state index < -0.39 is 5.97 Å². The average Bonchev–Trinajstić information content (AvgIpc) is 3.10. The van der Waals surface area contributed by atoms with Crippen LogP contribution >= 0.6 is 0 Å². The first kappa shape index (κ1) is 14.5. The highest BCUT2D eigenvalue weighted by Crippen LogP contribution is 2.10. The molecule has 3 aromatic rings. The molecule has 0 spiro atoms. The van der Waals surface area contributed by atoms with Crippen LogP contribution in [0.4, 0.5) is 0 Å². The van der Waals surface area contributed by atoms with Crippen LogP contribution in [0.25, 0.3) is 10.9 Å². The summed E-state index contributed by atoms with van der Waals surface area (Å²) in [6.45, 7) is -0.411. The first-order valence-corrected chi connectivity index (χ1v) is 6.76. The molecule has 7 heteroatoms. The lowest BCUT2D eigenvalue weighted by atomic mass is 10.2. The lowest BCUT2D eigenvalue weighted by Gasteiger charge is -2.10. The highest BCUT2D eigenvalue weighted by atomic mass is 16.5. The third kappa shape index (κ3) is 2.82. The molecule has 3 rings (SSSR count). The van der Waals surface area contributed by atoms with E-state index in [0.717, 1.165) is 0 Å². The van der Waals surface area contributed by atoms with Crippen LogP contribution in [-0.4, -0.2) is 15.5 Å². The molecule has 2 heterocycles. The van der Waals surface area contributed by atoms with Crippen molar-refractivity contribution in [1.29, 1.82) is 5.26 Å². The Kier molecular flexibility index (Phi) is 3.89. The fourth-order valence-electron chi connectivity index (χ4n) is 2.15. The van der Waals surface area contributed by atoms with E-state index >= 15 is 0 Å². The Bertz CT molecular complexity index is 952. The lowest BCUT2D eigenvalue weighted by molar-refractivity contribution is 0.0421. The van der Waals surface area contributed by atoms with E-state index in [9.17, 15) is 9.59 Å². The summed E-state index contributed by atoms with van der Waals surface area (Å²) in [6.07, 6.45) is 1.36. The second kappa shape index (κ2) is 6.15. The average molecular weight is 309 g/mol. The smallest absolute Gasteiger partial charge is 0.374 e. The quantitative estimate of drug-likeness (QED) is 0.682. The molecule has 0 bridgehead atoms. The predicted molar refractivity (Wildman–Crippen MR) is 79.4 cm³/mol. The minimum Gasteiger partial charge on any atom is -0.457 e. The number of para-hydroxylation sites is 1. The molecule has 0 saturated carbocycles. The summed E-state index contributed by atoms with van der Waals surface area (Å²) in [6, 6.07) is 11.7. The Balaban J connectivity index is 1.96. The van der Waals surface area contributed by atoms with Gasteiger partial charge in [0.25, 0.3) is 5.56 Å². The summed E-state index contributed by atoms with van der Waals surface area (Å²) in [5, 5.41) is 9.31. The van der Waals surface area contributed by atoms with Gasteiger partial charge in [-0.2, -0.15) is 5.26 Å². The first-order valence-electron chi connectivity index (χ1n) is 6.76. The Labute approximate surface area is 130 Å². The number of rotatable bonds is 4. The maximum Gasteiger partial charge on any atom is 0.374 e. The van der Waals surface area contributed by atoms with Gasteiger partial charge in [0.05, 0.1) is 23.2 Å². The van der Waals surface area contributed by atoms with E-state index in [1.165, 1.54) is 16.9 Å². The zero-order valence-corrected chi connectivity index (χ0v) is 11.9. The third-order valence-corrected chi connectivity index (χ3v) is 3.22. The number of carbonyl (C=O) groups is 1. The largest absolute Gasteiger partial charge is 0.457 e. The predicted octanol–water partition coefficient (Wildman–Crippen LogP) is 1.87. The van der Waals surface area contributed by atoms with Crippen LogP contribution in [0.3, 0.4) is 0 Å². The summed E-state index contributed by atoms with van der Waals surface area (Å²) in [5.41, 5.74) is 0.136. The number of furan rings is 1. The molecule has 0 unspecified atom stereocenters. The van der Waals surface area contributed by atoms with E-state index in [1.807, 2.05) is 6.07 Å². The molecule has 0 N–H and O–H groups in total. The third-order valence-electron chi connectivity index (χ3n) is 3.22. The van der Waals surface area contributed by atoms with Crippen molar-refractivity contribution in [1.82, 2.24) is 9.55 Å². The van der Waals surface area contributed by atoms with Crippen LogP contribution in [-0.2, 0) is 17.9 Å². The topological polar surface area (TPSA) is 98.1 Å². The second-order valence-corrected chi connectivity index (χ2v) is 4.65. The summed E-state index contributed by atoms with van der Waals surface area (Å²) < 4.78 is 11.2. The Morgan fingerprint density at radius 3 is 2.87 bits per heavy atom. The number of ether oxygens (including phenoxy) is 1. The number of carbonyl (C=O) groups excluding carboxylic acids is 1. The molecule has 0 atom stereocenters. The number of benzene rings is 1. The van der Waals surface area contributed by atoms with Crippen molar-refractivity contribution in [3.05, 3.63) is 64.6 Å². The SMILES string of the molecule is N#CCn1c(COC(=O)c2ccco2)nc2ccccc2c1=O. The van der Waals surface area contributed by atoms with Gasteiger partial charge in [-0.05, 0) is 24.3 Å². The van der Waals surface area contributed by atoms with Gasteiger partial charge in [0, 0.05) is 0 Å². The van der Waals surface area contributed by atoms with Crippen LogP contribution in [0.15, 0.2) is 51.9 Å². The van der Waals surface area contributed by atoms with Crippen LogP contribution < -0.4 is 5.56 Å². The van der Waals surface area contributed by atoms with E-state index in [2.05, 4.69) is 4.98 Å². The van der Waals surface area contributed by atoms with Gasteiger partial charge in [0.2, 0.25) is 5.76 Å². The number of esters is 1. The molecule has 0 aliphatic heterocycles. The highest BCUT2D eigenvalue weighted by molar-refractivity contribution is 5.86. The van der Waals surface area contributed by atoms with Crippen LogP contribution in [0.1, 0.15) is 16.4 Å². The second-order valence-electron chi connectivity index (χ2n) is 4.65. The Hall–Kier alpha value is -3.40. The number of nitrogens with zero attached hydrogens (tertiary/aromatic N) is 3. The zero-order chi connectivity index (χ0) is 16.2. The number of hydrogen-bond donors (Lipinski definition) is 0. The molecule has 0 aliphatic rings. The monoisotopic (exact) mass is 309 g/mol. The summed E-state index contributed by atoms with van der Waals surface area (Å²) in [5.74, 6) is -0.406. The molecule has 0 fully saturated rings. The summed E-state index contributed by atoms with van der Waals surface area (Å²) >= 11 is 0. The van der Waals surface area contributed by atoms with Crippen molar-refractivity contribution in [3.63, 3.8) is 0 Å². The summed E-state index contributed by atoms with van der Waals surface area (Å²) in [4.78, 5) is 28.5. The molecule has 0 aliphatic carbocycles. The number of hydrogen-bond acceptors (Lipinski definition) is 6. The maximum absolute atomic E-state index is 12.4. The van der Waals surface area contributed by atoms with Crippen molar-refractivity contribution in [2.45, 2.75) is 13.2 Å². The van der Waals surface area contributed by atoms with Crippen molar-refractivity contribution < 1.29 is 13.9 Å². The molecule has 0 amide bonds. The molecular formula is C16H11N3O4. The zero-order valence-electron chi connectivity index (χ0n) is 11.9. The van der Waals surface area contributed by atoms with Crippen LogP contribution in [0.5, 0.6) is 0 Å². The van der Waals surface area contributed by atoms with Crippen LogP contribution in [0, 0.1) is 11.3 Å². The fraction of sp³-hybridized carbons (Fsp3) is 0.125. The fourth-order valence-corrected chi connectivity index (χ4v) is 2.15. The normalized spacial score (nSPS) is 10.4. The van der Waals surface area contributed by atoms with E-state index in [1.54, 1.807) is 30.3 Å². The Morgan fingerprint density at radius 1 is 1.30 bits per heavy atom. The minimum absolute atomic E-state index is 0.0555. The molecule has 7 nitrogen and oxygen atoms in total. The van der Waals surface area contributed by atoms with E-state index in [0.29, 0.717) is 10.9 Å². The maximum atomic E-state index is 12.4. The first-order chi connectivity index (χ1) is 11.2. The van der Waals surface area contributed by atoms with Gasteiger partial charge < -0.3 is 9.15 Å². The van der Waals surface area contributed by atoms with E-state index in [-0.39, 0.29) is 30.3 Å². The van der Waals surface area contributed by atoms with Crippen molar-refractivity contribution >= 4 is 16.9 Å². The molecule has 0 radical (unpaired) electrons. The van der Waals surface area contributed by atoms with Gasteiger partial charge in [0.1, 0.15) is 13.2 Å². The van der Waals surface area contributed by atoms with Crippen molar-refractivity contribution in [2.24, 2.45) is 0 Å². The molecule has 114 valence electrons. The molecule has 1 aromatic carbocycles. The summed E-state index contributed by atoms with van der Waals surface area (Å²) in [7, 11) is 0. The Morgan fingerprint density at radius 2 is 2.13 bits per heavy atom. The van der Waals surface area contributed by atoms with Crippen LogP contribution in [0.2, 0.25) is 0 Å².